The molecule has 8 heteroatoms. The van der Waals surface area contributed by atoms with Crippen LogP contribution in [-0.2, 0) is 6.54 Å². The summed E-state index contributed by atoms with van der Waals surface area (Å²) in [5, 5.41) is 3.47. The van der Waals surface area contributed by atoms with Gasteiger partial charge < -0.3 is 15.1 Å². The molecule has 1 saturated heterocycles. The number of aromatic nitrogens is 3. The largest absolute Gasteiger partial charge is 0.353 e. The van der Waals surface area contributed by atoms with Crippen LogP contribution in [0.1, 0.15) is 11.5 Å². The van der Waals surface area contributed by atoms with E-state index in [1.807, 2.05) is 13.0 Å². The van der Waals surface area contributed by atoms with Crippen LogP contribution in [-0.4, -0.2) is 52.1 Å². The van der Waals surface area contributed by atoms with Crippen LogP contribution in [0.5, 0.6) is 0 Å². The first kappa shape index (κ1) is 16.4. The van der Waals surface area contributed by atoms with Crippen molar-refractivity contribution in [3.8, 4) is 0 Å². The van der Waals surface area contributed by atoms with E-state index >= 15 is 0 Å². The Morgan fingerprint density at radius 2 is 2.00 bits per heavy atom. The number of nitrogens with one attached hydrogen (secondary N) is 1. The van der Waals surface area contributed by atoms with Gasteiger partial charge in [0, 0.05) is 38.6 Å². The van der Waals surface area contributed by atoms with Crippen LogP contribution < -0.4 is 10.2 Å². The monoisotopic (exact) mass is 346 g/mol. The molecule has 0 unspecified atom stereocenters. The van der Waals surface area contributed by atoms with Crippen molar-refractivity contribution in [2.45, 2.75) is 13.5 Å². The summed E-state index contributed by atoms with van der Waals surface area (Å²) < 4.78 is 0. The number of amides is 2. The Morgan fingerprint density at radius 1 is 1.21 bits per heavy atom. The first-order valence-corrected chi connectivity index (χ1v) is 8.17. The minimum Gasteiger partial charge on any atom is -0.353 e. The number of anilines is 1. The fourth-order valence-electron chi connectivity index (χ4n) is 2.55. The van der Waals surface area contributed by atoms with Crippen LogP contribution in [0, 0.1) is 6.92 Å². The van der Waals surface area contributed by atoms with Gasteiger partial charge in [0.2, 0.25) is 0 Å². The van der Waals surface area contributed by atoms with Gasteiger partial charge in [-0.1, -0.05) is 11.6 Å². The second-order valence-electron chi connectivity index (χ2n) is 5.56. The standard InChI is InChI=1S/C16H19ClN6O/c1-12-18-5-4-15(21-12)22-6-8-23(9-7-22)16(24)20-11-14-3-2-13(17)10-19-14/h2-5,10H,6-9,11H2,1H3,(H,20,24). The highest BCUT2D eigenvalue weighted by Crippen LogP contribution is 2.13. The number of carbonyl (C=O) groups is 1. The molecule has 126 valence electrons. The molecule has 2 amide bonds. The Hall–Kier alpha value is -2.41. The van der Waals surface area contributed by atoms with Crippen molar-refractivity contribution in [2.24, 2.45) is 0 Å². The third-order valence-electron chi connectivity index (χ3n) is 3.86. The normalized spacial score (nSPS) is 14.6. The Bertz CT molecular complexity index is 700. The van der Waals surface area contributed by atoms with Gasteiger partial charge >= 0.3 is 6.03 Å². The van der Waals surface area contributed by atoms with Gasteiger partial charge in [-0.3, -0.25) is 4.98 Å². The third kappa shape index (κ3) is 4.11. The fourth-order valence-corrected chi connectivity index (χ4v) is 2.66. The van der Waals surface area contributed by atoms with E-state index in [2.05, 4.69) is 25.2 Å². The molecule has 1 aliphatic rings. The smallest absolute Gasteiger partial charge is 0.317 e. The second kappa shape index (κ2) is 7.44. The maximum absolute atomic E-state index is 12.3. The van der Waals surface area contributed by atoms with Gasteiger partial charge in [0.1, 0.15) is 11.6 Å². The maximum Gasteiger partial charge on any atom is 0.317 e. The highest BCUT2D eigenvalue weighted by molar-refractivity contribution is 6.30. The number of hydrogen-bond acceptors (Lipinski definition) is 5. The van der Waals surface area contributed by atoms with E-state index in [4.69, 9.17) is 11.6 Å². The van der Waals surface area contributed by atoms with Gasteiger partial charge in [-0.05, 0) is 25.1 Å². The minimum atomic E-state index is -0.0785. The molecule has 0 atom stereocenters. The molecule has 3 heterocycles. The van der Waals surface area contributed by atoms with Crippen molar-refractivity contribution < 1.29 is 4.79 Å². The highest BCUT2D eigenvalue weighted by atomic mass is 35.5. The summed E-state index contributed by atoms with van der Waals surface area (Å²) in [6.07, 6.45) is 3.33. The number of nitrogens with zero attached hydrogens (tertiary/aromatic N) is 5. The van der Waals surface area contributed by atoms with Gasteiger partial charge in [0.05, 0.1) is 17.3 Å². The topological polar surface area (TPSA) is 74.2 Å². The highest BCUT2D eigenvalue weighted by Gasteiger charge is 2.21. The number of piperazine rings is 1. The number of halogens is 1. The molecule has 1 N–H and O–H groups in total. The average molecular weight is 347 g/mol. The van der Waals surface area contributed by atoms with Crippen molar-refractivity contribution in [1.82, 2.24) is 25.2 Å². The fraction of sp³-hybridized carbons (Fsp3) is 0.375. The molecular formula is C16H19ClN6O. The molecular weight excluding hydrogens is 328 g/mol. The Labute approximate surface area is 145 Å². The number of rotatable bonds is 3. The number of hydrogen-bond donors (Lipinski definition) is 1. The van der Waals surface area contributed by atoms with Crippen LogP contribution in [0.15, 0.2) is 30.6 Å². The number of urea groups is 1. The van der Waals surface area contributed by atoms with Crippen molar-refractivity contribution in [3.63, 3.8) is 0 Å². The molecule has 0 aromatic carbocycles. The van der Waals surface area contributed by atoms with Gasteiger partial charge in [0.15, 0.2) is 0 Å². The summed E-state index contributed by atoms with van der Waals surface area (Å²) in [6, 6.07) is 5.39. The Kier molecular flexibility index (Phi) is 5.10. The lowest BCUT2D eigenvalue weighted by Gasteiger charge is -2.35. The van der Waals surface area contributed by atoms with E-state index in [0.29, 0.717) is 24.7 Å². The first-order valence-electron chi connectivity index (χ1n) is 7.79. The van der Waals surface area contributed by atoms with Gasteiger partial charge in [-0.2, -0.15) is 0 Å². The number of carbonyl (C=O) groups excluding carboxylic acids is 1. The Balaban J connectivity index is 1.49. The van der Waals surface area contributed by atoms with Gasteiger partial charge in [0.25, 0.3) is 0 Å². The molecule has 0 bridgehead atoms. The molecule has 0 saturated carbocycles. The average Bonchev–Trinajstić information content (AvgIpc) is 2.61. The molecule has 1 fully saturated rings. The summed E-state index contributed by atoms with van der Waals surface area (Å²) in [5.74, 6) is 1.66. The molecule has 7 nitrogen and oxygen atoms in total. The molecule has 1 aliphatic heterocycles. The third-order valence-corrected chi connectivity index (χ3v) is 4.09. The van der Waals surface area contributed by atoms with Crippen LogP contribution in [0.2, 0.25) is 5.02 Å². The summed E-state index contributed by atoms with van der Waals surface area (Å²) in [5.41, 5.74) is 0.780. The van der Waals surface area contributed by atoms with Crippen LogP contribution in [0.4, 0.5) is 10.6 Å². The van der Waals surface area contributed by atoms with Crippen LogP contribution >= 0.6 is 11.6 Å². The zero-order valence-electron chi connectivity index (χ0n) is 13.4. The molecule has 0 radical (unpaired) electrons. The lowest BCUT2D eigenvalue weighted by atomic mass is 10.3. The first-order chi connectivity index (χ1) is 11.6. The predicted molar refractivity (Wildman–Crippen MR) is 92.0 cm³/mol. The second-order valence-corrected chi connectivity index (χ2v) is 6.00. The van der Waals surface area contributed by atoms with E-state index in [-0.39, 0.29) is 6.03 Å². The molecule has 0 spiro atoms. The van der Waals surface area contributed by atoms with Crippen molar-refractivity contribution in [3.05, 3.63) is 47.1 Å². The SMILES string of the molecule is Cc1nccc(N2CCN(C(=O)NCc3ccc(Cl)cn3)CC2)n1. The molecule has 2 aromatic rings. The zero-order chi connectivity index (χ0) is 16.9. The summed E-state index contributed by atoms with van der Waals surface area (Å²) in [6.45, 7) is 5.08. The molecule has 0 aliphatic carbocycles. The predicted octanol–water partition coefficient (Wildman–Crippen LogP) is 1.87. The van der Waals surface area contributed by atoms with Crippen molar-refractivity contribution >= 4 is 23.4 Å². The summed E-state index contributed by atoms with van der Waals surface area (Å²) in [4.78, 5) is 28.9. The van der Waals surface area contributed by atoms with Crippen molar-refractivity contribution in [2.75, 3.05) is 31.1 Å². The molecule has 24 heavy (non-hydrogen) atoms. The van der Waals surface area contributed by atoms with E-state index in [0.717, 1.165) is 30.4 Å². The lowest BCUT2D eigenvalue weighted by Crippen LogP contribution is -2.52. The van der Waals surface area contributed by atoms with E-state index in [1.54, 1.807) is 29.4 Å². The molecule has 3 rings (SSSR count). The van der Waals surface area contributed by atoms with E-state index < -0.39 is 0 Å². The minimum absolute atomic E-state index is 0.0785. The number of aryl methyl sites for hydroxylation is 1. The van der Waals surface area contributed by atoms with Crippen LogP contribution in [0.25, 0.3) is 0 Å². The molecule has 2 aromatic heterocycles. The van der Waals surface area contributed by atoms with Crippen molar-refractivity contribution in [1.29, 1.82) is 0 Å². The Morgan fingerprint density at radius 3 is 2.67 bits per heavy atom. The zero-order valence-corrected chi connectivity index (χ0v) is 14.2. The maximum atomic E-state index is 12.3. The lowest BCUT2D eigenvalue weighted by molar-refractivity contribution is 0.193. The van der Waals surface area contributed by atoms with Crippen LogP contribution in [0.3, 0.4) is 0 Å². The van der Waals surface area contributed by atoms with E-state index in [9.17, 15) is 4.79 Å². The summed E-state index contributed by atoms with van der Waals surface area (Å²) in [7, 11) is 0. The quantitative estimate of drug-likeness (QED) is 0.918. The van der Waals surface area contributed by atoms with Gasteiger partial charge in [-0.25, -0.2) is 14.8 Å². The van der Waals surface area contributed by atoms with Gasteiger partial charge in [-0.15, -0.1) is 0 Å². The number of pyridine rings is 1. The van der Waals surface area contributed by atoms with E-state index in [1.165, 1.54) is 0 Å². The summed E-state index contributed by atoms with van der Waals surface area (Å²) >= 11 is 5.80.